The Hall–Kier alpha value is -5.56. The summed E-state index contributed by atoms with van der Waals surface area (Å²) in [5.41, 5.74) is 7.05. The number of hydrogen-bond acceptors (Lipinski definition) is 11. The molecule has 2 heterocycles. The number of aliphatic carboxylic acids is 1. The zero-order valence-corrected chi connectivity index (χ0v) is 33.2. The summed E-state index contributed by atoms with van der Waals surface area (Å²) in [6.07, 6.45) is 6.81. The molecule has 5 N–H and O–H groups in total. The summed E-state index contributed by atoms with van der Waals surface area (Å²) in [7, 11) is 2.95. The van der Waals surface area contributed by atoms with Crippen molar-refractivity contribution in [2.75, 3.05) is 86.3 Å². The molecule has 57 heavy (non-hydrogen) atoms. The van der Waals surface area contributed by atoms with E-state index in [-0.39, 0.29) is 38.7 Å². The Morgan fingerprint density at radius 3 is 2.23 bits per heavy atom. The van der Waals surface area contributed by atoms with Crippen LogP contribution in [0.2, 0.25) is 0 Å². The summed E-state index contributed by atoms with van der Waals surface area (Å²) < 4.78 is 10.4. The first-order valence-electron chi connectivity index (χ1n) is 19.1. The summed E-state index contributed by atoms with van der Waals surface area (Å²) in [6, 6.07) is 6.00. The Balaban J connectivity index is 1.74. The number of hydrogen-bond donors (Lipinski definition) is 4. The Labute approximate surface area is 332 Å². The summed E-state index contributed by atoms with van der Waals surface area (Å²) in [6.45, 7) is -0.0881. The summed E-state index contributed by atoms with van der Waals surface area (Å²) in [4.78, 5) is 105. The fourth-order valence-electron chi connectivity index (χ4n) is 6.31. The fourth-order valence-corrected chi connectivity index (χ4v) is 6.31. The molecule has 0 bridgehead atoms. The quantitative estimate of drug-likeness (QED) is 0.0927. The highest BCUT2D eigenvalue weighted by Crippen LogP contribution is 2.20. The van der Waals surface area contributed by atoms with Gasteiger partial charge in [0.15, 0.2) is 0 Å². The number of aromatic amines is 1. The van der Waals surface area contributed by atoms with Crippen LogP contribution in [-0.2, 0) is 51.3 Å². The second-order valence-electron chi connectivity index (χ2n) is 13.7. The summed E-state index contributed by atoms with van der Waals surface area (Å²) in [5.74, 6) is -4.41. The van der Waals surface area contributed by atoms with Crippen LogP contribution < -0.4 is 15.8 Å². The number of carboxylic acid groups (broad SMARTS) is 1. The molecule has 1 aromatic carbocycles. The van der Waals surface area contributed by atoms with Crippen molar-refractivity contribution in [1.29, 1.82) is 0 Å². The van der Waals surface area contributed by atoms with Gasteiger partial charge in [-0.15, -0.1) is 0 Å². The van der Waals surface area contributed by atoms with Crippen LogP contribution in [0.3, 0.4) is 0 Å². The molecule has 1 aliphatic heterocycles. The Morgan fingerprint density at radius 2 is 1.60 bits per heavy atom. The zero-order valence-electron chi connectivity index (χ0n) is 33.2. The van der Waals surface area contributed by atoms with E-state index >= 15 is 0 Å². The number of nitrogens with zero attached hydrogens (tertiary/aromatic N) is 6. The number of nitrogens with one attached hydrogen (secondary N) is 2. The van der Waals surface area contributed by atoms with Crippen LogP contribution in [0, 0.1) is 0 Å². The highest BCUT2D eigenvalue weighted by molar-refractivity contribution is 5.94. The van der Waals surface area contributed by atoms with Gasteiger partial charge in [-0.1, -0.05) is 25.5 Å². The second kappa shape index (κ2) is 24.2. The van der Waals surface area contributed by atoms with E-state index in [4.69, 9.17) is 15.2 Å². The van der Waals surface area contributed by atoms with Crippen molar-refractivity contribution in [3.05, 3.63) is 48.0 Å². The predicted molar refractivity (Wildman–Crippen MR) is 206 cm³/mol. The number of benzene rings is 1. The topological polar surface area (TPSA) is 241 Å². The largest absolute Gasteiger partial charge is 0.497 e. The molecule has 19 heteroatoms. The molecule has 1 aromatic heterocycles. The third kappa shape index (κ3) is 15.5. The standard InChI is InChI=1S/C38H57N9O10/c1-4-5-15-43(23-35(51)45(22-32(39)48)21-28-9-11-30(57-3)12-10-28)34(50)25-46(26-37(53)54)36(52)24-44(17-18-56-2)38(55)31-8-6-7-16-47(31)33(49)20-40-14-13-29-19-41-27-42-29/h9-12,19,27,31,40H,4-8,13-18,20-26H2,1-3H3,(H2,39,48)(H,41,42)(H,53,54). The average molecular weight is 800 g/mol. The van der Waals surface area contributed by atoms with Gasteiger partial charge in [-0.25, -0.2) is 4.98 Å². The van der Waals surface area contributed by atoms with E-state index in [1.165, 1.54) is 33.8 Å². The zero-order chi connectivity index (χ0) is 41.7. The van der Waals surface area contributed by atoms with Crippen LogP contribution in [0.1, 0.15) is 50.3 Å². The van der Waals surface area contributed by atoms with Crippen molar-refractivity contribution >= 4 is 41.4 Å². The van der Waals surface area contributed by atoms with Gasteiger partial charge in [0.25, 0.3) is 0 Å². The number of primary amides is 1. The molecule has 2 aromatic rings. The molecule has 0 saturated carbocycles. The molecule has 1 unspecified atom stereocenters. The van der Waals surface area contributed by atoms with Crippen molar-refractivity contribution in [1.82, 2.24) is 39.8 Å². The van der Waals surface area contributed by atoms with Gasteiger partial charge < -0.3 is 55.1 Å². The van der Waals surface area contributed by atoms with Gasteiger partial charge in [-0.05, 0) is 43.4 Å². The molecular formula is C38H57N9O10. The van der Waals surface area contributed by atoms with Crippen LogP contribution in [0.5, 0.6) is 5.75 Å². The van der Waals surface area contributed by atoms with E-state index in [0.29, 0.717) is 62.9 Å². The molecule has 19 nitrogen and oxygen atoms in total. The lowest BCUT2D eigenvalue weighted by Gasteiger charge is -2.38. The van der Waals surface area contributed by atoms with Crippen LogP contribution in [0.15, 0.2) is 36.8 Å². The van der Waals surface area contributed by atoms with Crippen molar-refractivity contribution in [3.63, 3.8) is 0 Å². The number of amides is 6. The van der Waals surface area contributed by atoms with Crippen LogP contribution in [0.4, 0.5) is 0 Å². The Morgan fingerprint density at radius 1 is 0.912 bits per heavy atom. The second-order valence-corrected chi connectivity index (χ2v) is 13.7. The number of methoxy groups -OCH3 is 2. The molecule has 3 rings (SSSR count). The number of ether oxygens (including phenoxy) is 2. The minimum absolute atomic E-state index is 0.00221. The molecule has 314 valence electrons. The molecule has 0 aliphatic carbocycles. The maximum atomic E-state index is 14.1. The van der Waals surface area contributed by atoms with Gasteiger partial charge in [0.2, 0.25) is 35.4 Å². The number of imidazole rings is 1. The highest BCUT2D eigenvalue weighted by Gasteiger charge is 2.36. The number of nitrogens with two attached hydrogens (primary N) is 1. The van der Waals surface area contributed by atoms with Gasteiger partial charge in [0.1, 0.15) is 24.9 Å². The van der Waals surface area contributed by atoms with Gasteiger partial charge in [-0.3, -0.25) is 33.6 Å². The smallest absolute Gasteiger partial charge is 0.323 e. The van der Waals surface area contributed by atoms with Crippen molar-refractivity contribution in [3.8, 4) is 5.75 Å². The normalized spacial score (nSPS) is 13.7. The molecule has 1 saturated heterocycles. The van der Waals surface area contributed by atoms with E-state index in [1.54, 1.807) is 36.8 Å². The SMILES string of the molecule is CCCCN(CC(=O)N(CC(N)=O)Cc1ccc(OC)cc1)C(=O)CN(CC(=O)O)C(=O)CN(CCOC)C(=O)C1CCCCN1C(=O)CNCCc1cnc[nH]1. The number of rotatable bonds is 25. The number of carbonyl (C=O) groups excluding carboxylic acids is 6. The highest BCUT2D eigenvalue weighted by atomic mass is 16.5. The first-order chi connectivity index (χ1) is 27.4. The number of carboxylic acids is 1. The predicted octanol–water partition coefficient (Wildman–Crippen LogP) is -0.537. The number of piperidine rings is 1. The first-order valence-corrected chi connectivity index (χ1v) is 19.1. The van der Waals surface area contributed by atoms with Crippen LogP contribution >= 0.6 is 0 Å². The average Bonchev–Trinajstić information content (AvgIpc) is 3.72. The molecule has 1 fully saturated rings. The Bertz CT molecular complexity index is 1620. The molecule has 1 atom stereocenters. The van der Waals surface area contributed by atoms with E-state index in [9.17, 15) is 38.7 Å². The lowest BCUT2D eigenvalue weighted by Crippen LogP contribution is -2.57. The monoisotopic (exact) mass is 799 g/mol. The lowest BCUT2D eigenvalue weighted by molar-refractivity contribution is -0.153. The van der Waals surface area contributed by atoms with Crippen LogP contribution in [-0.4, -0.2) is 173 Å². The summed E-state index contributed by atoms with van der Waals surface area (Å²) >= 11 is 0. The number of H-pyrrole nitrogens is 1. The molecule has 0 radical (unpaired) electrons. The minimum atomic E-state index is -1.39. The fraction of sp³-hybridized carbons (Fsp3) is 0.579. The van der Waals surface area contributed by atoms with Crippen molar-refractivity contribution < 1.29 is 48.1 Å². The van der Waals surface area contributed by atoms with Gasteiger partial charge >= 0.3 is 5.97 Å². The molecule has 1 aliphatic rings. The molecule has 6 amide bonds. The minimum Gasteiger partial charge on any atom is -0.497 e. The van der Waals surface area contributed by atoms with Gasteiger partial charge in [0.05, 0.1) is 46.2 Å². The van der Waals surface area contributed by atoms with Crippen LogP contribution in [0.25, 0.3) is 0 Å². The van der Waals surface area contributed by atoms with Crippen molar-refractivity contribution in [2.45, 2.75) is 58.0 Å². The van der Waals surface area contributed by atoms with Gasteiger partial charge in [-0.2, -0.15) is 0 Å². The number of carbonyl (C=O) groups is 7. The Kier molecular flexibility index (Phi) is 19.4. The molecular weight excluding hydrogens is 742 g/mol. The van der Waals surface area contributed by atoms with E-state index in [1.807, 2.05) is 6.92 Å². The lowest BCUT2D eigenvalue weighted by atomic mass is 10.0. The number of unbranched alkanes of at least 4 members (excludes halogenated alkanes) is 1. The van der Waals surface area contributed by atoms with E-state index in [0.717, 1.165) is 10.6 Å². The maximum absolute atomic E-state index is 14.1. The first kappa shape index (κ1) is 45.8. The number of likely N-dealkylation sites (tertiary alicyclic amines) is 1. The van der Waals surface area contributed by atoms with Crippen molar-refractivity contribution in [2.24, 2.45) is 5.73 Å². The maximum Gasteiger partial charge on any atom is 0.323 e. The number of aromatic nitrogens is 2. The van der Waals surface area contributed by atoms with E-state index < -0.39 is 74.3 Å². The summed E-state index contributed by atoms with van der Waals surface area (Å²) in [5, 5.41) is 12.8. The molecule has 0 spiro atoms. The third-order valence-electron chi connectivity index (χ3n) is 9.41. The third-order valence-corrected chi connectivity index (χ3v) is 9.41. The van der Waals surface area contributed by atoms with E-state index in [2.05, 4.69) is 15.3 Å². The van der Waals surface area contributed by atoms with Gasteiger partial charge in [0, 0.05) is 58.1 Å².